The highest BCUT2D eigenvalue weighted by atomic mass is 16.6. The van der Waals surface area contributed by atoms with Crippen molar-refractivity contribution >= 4 is 34.8 Å². The molecule has 0 saturated carbocycles. The number of aliphatic imine (C=N–C) groups is 1. The molecule has 0 amide bonds. The Labute approximate surface area is 151 Å². The van der Waals surface area contributed by atoms with Crippen LogP contribution in [0.5, 0.6) is 5.75 Å². The van der Waals surface area contributed by atoms with Gasteiger partial charge in [0.2, 0.25) is 0 Å². The summed E-state index contributed by atoms with van der Waals surface area (Å²) >= 11 is 0. The number of nitrogens with zero attached hydrogens (tertiary/aromatic N) is 5. The highest BCUT2D eigenvalue weighted by molar-refractivity contribution is 5.90. The third-order valence-corrected chi connectivity index (χ3v) is 3.46. The van der Waals surface area contributed by atoms with Gasteiger partial charge in [0.1, 0.15) is 5.75 Å². The van der Waals surface area contributed by atoms with E-state index in [0.717, 1.165) is 11.2 Å². The number of non-ortho nitro benzene ring substituents is 1. The fraction of sp³-hybridized carbons (Fsp3) is 0.133. The largest absolute Gasteiger partial charge is 0.497 e. The van der Waals surface area contributed by atoms with Crippen molar-refractivity contribution in [1.29, 1.82) is 0 Å². The third kappa shape index (κ3) is 4.31. The van der Waals surface area contributed by atoms with Crippen LogP contribution in [0.15, 0.2) is 41.4 Å². The molecule has 0 fully saturated rings. The van der Waals surface area contributed by atoms with E-state index in [1.165, 1.54) is 14.2 Å². The normalized spacial score (nSPS) is 10.6. The van der Waals surface area contributed by atoms with E-state index in [0.29, 0.717) is 23.6 Å². The highest BCUT2D eigenvalue weighted by Crippen LogP contribution is 2.40. The second-order valence-corrected chi connectivity index (χ2v) is 5.16. The molecule has 0 unspecified atom stereocenters. The Bertz CT molecular complexity index is 892. The number of hydrogen-bond acceptors (Lipinski definition) is 8. The van der Waals surface area contributed by atoms with Gasteiger partial charge in [0.25, 0.3) is 5.69 Å². The lowest BCUT2D eigenvalue weighted by Gasteiger charge is -2.13. The fourth-order valence-corrected chi connectivity index (χ4v) is 2.21. The number of ether oxygens (including phenoxy) is 1. The van der Waals surface area contributed by atoms with Gasteiger partial charge in [-0.1, -0.05) is 0 Å². The Morgan fingerprint density at radius 1 is 0.963 bits per heavy atom. The molecule has 12 nitrogen and oxygen atoms in total. The van der Waals surface area contributed by atoms with Gasteiger partial charge in [0.15, 0.2) is 5.69 Å². The van der Waals surface area contributed by atoms with Crippen LogP contribution in [0.4, 0.5) is 28.4 Å². The summed E-state index contributed by atoms with van der Waals surface area (Å²) in [6, 6.07) is 7.84. The maximum Gasteiger partial charge on any atom is 0.306 e. The van der Waals surface area contributed by atoms with Crippen molar-refractivity contribution in [2.45, 2.75) is 0 Å². The molecule has 12 heteroatoms. The molecule has 0 aliphatic carbocycles. The van der Waals surface area contributed by atoms with Crippen molar-refractivity contribution in [3.8, 4) is 5.75 Å². The quantitative estimate of drug-likeness (QED) is 0.309. The second-order valence-electron chi connectivity index (χ2n) is 5.16. The predicted octanol–water partition coefficient (Wildman–Crippen LogP) is 3.22. The van der Waals surface area contributed by atoms with Crippen molar-refractivity contribution in [2.24, 2.45) is 4.99 Å². The zero-order valence-corrected chi connectivity index (χ0v) is 14.1. The Kier molecular flexibility index (Phi) is 5.60. The first kappa shape index (κ1) is 19.2. The summed E-state index contributed by atoms with van der Waals surface area (Å²) in [4.78, 5) is 35.9. The van der Waals surface area contributed by atoms with Gasteiger partial charge in [0.05, 0.1) is 46.0 Å². The van der Waals surface area contributed by atoms with Gasteiger partial charge in [-0.2, -0.15) is 0 Å². The molecule has 140 valence electrons. The SMILES string of the molecule is COc1ccc(N=CN(C)c2c([N+](=O)[O-])cc([N+](=O)[O-])cc2[N+](=O)[O-])cc1. The van der Waals surface area contributed by atoms with E-state index < -0.39 is 37.5 Å². The molecule has 0 spiro atoms. The first-order valence-electron chi connectivity index (χ1n) is 7.27. The topological polar surface area (TPSA) is 154 Å². The molecule has 0 bridgehead atoms. The van der Waals surface area contributed by atoms with E-state index in [-0.39, 0.29) is 0 Å². The van der Waals surface area contributed by atoms with Crippen molar-refractivity contribution < 1.29 is 19.5 Å². The summed E-state index contributed by atoms with van der Waals surface area (Å²) in [5, 5.41) is 33.5. The summed E-state index contributed by atoms with van der Waals surface area (Å²) in [6.45, 7) is 0. The van der Waals surface area contributed by atoms with E-state index in [4.69, 9.17) is 4.74 Å². The van der Waals surface area contributed by atoms with E-state index in [2.05, 4.69) is 4.99 Å². The van der Waals surface area contributed by atoms with Crippen LogP contribution in [0.1, 0.15) is 0 Å². The molecular formula is C15H13N5O7. The molecule has 2 aromatic rings. The number of rotatable bonds is 7. The minimum absolute atomic E-state index is 0.423. The van der Waals surface area contributed by atoms with Crippen LogP contribution < -0.4 is 9.64 Å². The first-order chi connectivity index (χ1) is 12.7. The summed E-state index contributed by atoms with van der Waals surface area (Å²) in [7, 11) is 2.81. The highest BCUT2D eigenvalue weighted by Gasteiger charge is 2.32. The Morgan fingerprint density at radius 2 is 1.48 bits per heavy atom. The molecule has 0 aliphatic rings. The number of nitro groups is 3. The number of nitro benzene ring substituents is 3. The molecule has 27 heavy (non-hydrogen) atoms. The maximum atomic E-state index is 11.3. The van der Waals surface area contributed by atoms with Gasteiger partial charge in [-0.05, 0) is 24.3 Å². The van der Waals surface area contributed by atoms with E-state index in [1.54, 1.807) is 24.3 Å². The maximum absolute atomic E-state index is 11.3. The zero-order chi connectivity index (χ0) is 20.1. The van der Waals surface area contributed by atoms with Crippen LogP contribution in [0.25, 0.3) is 0 Å². The average Bonchev–Trinajstić information content (AvgIpc) is 2.65. The lowest BCUT2D eigenvalue weighted by atomic mass is 10.2. The Hall–Kier alpha value is -4.09. The monoisotopic (exact) mass is 375 g/mol. The van der Waals surface area contributed by atoms with E-state index >= 15 is 0 Å². The first-order valence-corrected chi connectivity index (χ1v) is 7.27. The summed E-state index contributed by atoms with van der Waals surface area (Å²) in [5.41, 5.74) is -2.26. The Morgan fingerprint density at radius 3 is 1.89 bits per heavy atom. The van der Waals surface area contributed by atoms with Gasteiger partial charge < -0.3 is 9.64 Å². The predicted molar refractivity (Wildman–Crippen MR) is 96.0 cm³/mol. The van der Waals surface area contributed by atoms with Crippen molar-refractivity contribution in [1.82, 2.24) is 0 Å². The van der Waals surface area contributed by atoms with Crippen molar-refractivity contribution in [3.05, 3.63) is 66.7 Å². The third-order valence-electron chi connectivity index (χ3n) is 3.46. The van der Waals surface area contributed by atoms with Crippen LogP contribution in [-0.2, 0) is 0 Å². The molecule has 0 aliphatic heterocycles. The number of anilines is 1. The van der Waals surface area contributed by atoms with Gasteiger partial charge >= 0.3 is 11.4 Å². The average molecular weight is 375 g/mol. The summed E-state index contributed by atoms with van der Waals surface area (Å²) < 4.78 is 5.01. The van der Waals surface area contributed by atoms with Crippen LogP contribution in [0.2, 0.25) is 0 Å². The van der Waals surface area contributed by atoms with Crippen molar-refractivity contribution in [2.75, 3.05) is 19.1 Å². The fourth-order valence-electron chi connectivity index (χ4n) is 2.21. The Balaban J connectivity index is 2.50. The summed E-state index contributed by atoms with van der Waals surface area (Å²) in [5.74, 6) is 0.601. The number of hydrogen-bond donors (Lipinski definition) is 0. The lowest BCUT2D eigenvalue weighted by Crippen LogP contribution is -2.17. The zero-order valence-electron chi connectivity index (χ0n) is 14.1. The van der Waals surface area contributed by atoms with Crippen LogP contribution in [0, 0.1) is 30.3 Å². The van der Waals surface area contributed by atoms with Gasteiger partial charge in [0, 0.05) is 7.05 Å². The molecule has 0 radical (unpaired) electrons. The molecule has 2 aromatic carbocycles. The van der Waals surface area contributed by atoms with Gasteiger partial charge in [-0.25, -0.2) is 4.99 Å². The molecular weight excluding hydrogens is 362 g/mol. The molecule has 2 rings (SSSR count). The molecule has 0 aromatic heterocycles. The standard InChI is InChI=1S/C15H13N5O7/c1-17(9-16-10-3-5-12(27-2)6-4-10)15-13(19(23)24)7-11(18(21)22)8-14(15)20(25)26/h3-9H,1-2H3. The number of benzene rings is 2. The minimum atomic E-state index is -0.935. The lowest BCUT2D eigenvalue weighted by molar-refractivity contribution is -0.402. The summed E-state index contributed by atoms with van der Waals surface area (Å²) in [6.07, 6.45) is 1.14. The smallest absolute Gasteiger partial charge is 0.306 e. The molecule has 0 atom stereocenters. The second kappa shape index (κ2) is 7.86. The van der Waals surface area contributed by atoms with Crippen molar-refractivity contribution in [3.63, 3.8) is 0 Å². The van der Waals surface area contributed by atoms with E-state index in [9.17, 15) is 30.3 Å². The van der Waals surface area contributed by atoms with E-state index in [1.807, 2.05) is 0 Å². The molecule has 0 N–H and O–H groups in total. The van der Waals surface area contributed by atoms with Gasteiger partial charge in [-0.3, -0.25) is 30.3 Å². The molecule has 0 heterocycles. The number of methoxy groups -OCH3 is 1. The molecule has 0 saturated heterocycles. The minimum Gasteiger partial charge on any atom is -0.497 e. The van der Waals surface area contributed by atoms with Gasteiger partial charge in [-0.15, -0.1) is 0 Å². The van der Waals surface area contributed by atoms with Crippen LogP contribution in [-0.4, -0.2) is 35.3 Å². The van der Waals surface area contributed by atoms with Crippen LogP contribution >= 0.6 is 0 Å². The van der Waals surface area contributed by atoms with Crippen LogP contribution in [0.3, 0.4) is 0 Å².